The molecule has 29 heavy (non-hydrogen) atoms. The predicted molar refractivity (Wildman–Crippen MR) is 115 cm³/mol. The minimum Gasteiger partial charge on any atom is -0.494 e. The van der Waals surface area contributed by atoms with Crippen molar-refractivity contribution in [3.05, 3.63) is 65.7 Å². The molecule has 0 unspecified atom stereocenters. The molecule has 0 saturated carbocycles. The van der Waals surface area contributed by atoms with E-state index in [1.807, 2.05) is 6.07 Å². The first-order valence-corrected chi connectivity index (χ1v) is 10.6. The Labute approximate surface area is 173 Å². The molecular weight excluding hydrogens is 364 g/mol. The van der Waals surface area contributed by atoms with Crippen molar-refractivity contribution in [2.24, 2.45) is 0 Å². The van der Waals surface area contributed by atoms with Gasteiger partial charge in [-0.2, -0.15) is 0 Å². The maximum absolute atomic E-state index is 11.3. The molecule has 0 radical (unpaired) electrons. The van der Waals surface area contributed by atoms with Gasteiger partial charge in [0.1, 0.15) is 12.4 Å². The zero-order chi connectivity index (χ0) is 20.3. The summed E-state index contributed by atoms with van der Waals surface area (Å²) in [4.78, 5) is 13.7. The van der Waals surface area contributed by atoms with Crippen LogP contribution in [0.25, 0.3) is 0 Å². The molecular formula is C24H32N2O3. The van der Waals surface area contributed by atoms with Gasteiger partial charge in [-0.1, -0.05) is 42.5 Å². The van der Waals surface area contributed by atoms with Gasteiger partial charge in [0.2, 0.25) is 5.91 Å². The SMILES string of the molecule is O=C(CO)NC1CCN(CCc2ccc(OCCCc3ccccc3)cc2)CC1. The molecule has 2 N–H and O–H groups in total. The van der Waals surface area contributed by atoms with Crippen LogP contribution in [0.2, 0.25) is 0 Å². The molecule has 3 rings (SSSR count). The third-order valence-electron chi connectivity index (χ3n) is 5.46. The van der Waals surface area contributed by atoms with Crippen LogP contribution in [-0.2, 0) is 17.6 Å². The van der Waals surface area contributed by atoms with Gasteiger partial charge in [0.25, 0.3) is 0 Å². The van der Waals surface area contributed by atoms with Crippen LogP contribution in [0.1, 0.15) is 30.4 Å². The van der Waals surface area contributed by atoms with E-state index in [0.717, 1.165) is 64.1 Å². The van der Waals surface area contributed by atoms with Crippen molar-refractivity contribution in [3.63, 3.8) is 0 Å². The minimum absolute atomic E-state index is 0.198. The average molecular weight is 397 g/mol. The maximum Gasteiger partial charge on any atom is 0.245 e. The lowest BCUT2D eigenvalue weighted by Gasteiger charge is -2.32. The molecule has 0 aliphatic carbocycles. The summed E-state index contributed by atoms with van der Waals surface area (Å²) in [5, 5.41) is 11.7. The van der Waals surface area contributed by atoms with E-state index >= 15 is 0 Å². The van der Waals surface area contributed by atoms with Crippen LogP contribution in [0.3, 0.4) is 0 Å². The molecule has 1 saturated heterocycles. The number of ether oxygens (including phenoxy) is 1. The second-order valence-corrected chi connectivity index (χ2v) is 7.67. The summed E-state index contributed by atoms with van der Waals surface area (Å²) in [5.41, 5.74) is 2.67. The Balaban J connectivity index is 1.31. The fourth-order valence-electron chi connectivity index (χ4n) is 3.72. The molecule has 1 fully saturated rings. The Morgan fingerprint density at radius 2 is 1.69 bits per heavy atom. The third kappa shape index (κ3) is 7.52. The summed E-state index contributed by atoms with van der Waals surface area (Å²) in [6.45, 7) is 3.30. The highest BCUT2D eigenvalue weighted by Crippen LogP contribution is 2.15. The topological polar surface area (TPSA) is 61.8 Å². The summed E-state index contributed by atoms with van der Waals surface area (Å²) >= 11 is 0. The maximum atomic E-state index is 11.3. The molecule has 5 nitrogen and oxygen atoms in total. The number of piperidine rings is 1. The van der Waals surface area contributed by atoms with Crippen molar-refractivity contribution in [3.8, 4) is 5.75 Å². The number of carbonyl (C=O) groups is 1. The van der Waals surface area contributed by atoms with Crippen LogP contribution in [0, 0.1) is 0 Å². The number of nitrogens with one attached hydrogen (secondary N) is 1. The van der Waals surface area contributed by atoms with Crippen molar-refractivity contribution in [1.82, 2.24) is 10.2 Å². The van der Waals surface area contributed by atoms with E-state index in [1.165, 1.54) is 11.1 Å². The van der Waals surface area contributed by atoms with E-state index in [2.05, 4.69) is 58.7 Å². The lowest BCUT2D eigenvalue weighted by Crippen LogP contribution is -2.45. The highest BCUT2D eigenvalue weighted by atomic mass is 16.5. The summed E-state index contributed by atoms with van der Waals surface area (Å²) < 4.78 is 5.87. The highest BCUT2D eigenvalue weighted by Gasteiger charge is 2.20. The third-order valence-corrected chi connectivity index (χ3v) is 5.46. The summed E-state index contributed by atoms with van der Waals surface area (Å²) in [6, 6.07) is 19.1. The average Bonchev–Trinajstić information content (AvgIpc) is 2.77. The summed E-state index contributed by atoms with van der Waals surface area (Å²) in [7, 11) is 0. The zero-order valence-electron chi connectivity index (χ0n) is 17.1. The summed E-state index contributed by atoms with van der Waals surface area (Å²) in [5.74, 6) is 0.660. The number of carbonyl (C=O) groups excluding carboxylic acids is 1. The molecule has 1 amide bonds. The quantitative estimate of drug-likeness (QED) is 0.606. The molecule has 2 aromatic rings. The standard InChI is InChI=1S/C24H32N2O3/c27-19-24(28)25-22-13-16-26(17-14-22)15-12-21-8-10-23(11-9-21)29-18-4-7-20-5-2-1-3-6-20/h1-3,5-6,8-11,22,27H,4,7,12-19H2,(H,25,28). The first-order chi connectivity index (χ1) is 14.2. The van der Waals surface area contributed by atoms with Crippen LogP contribution in [0.15, 0.2) is 54.6 Å². The van der Waals surface area contributed by atoms with E-state index in [-0.39, 0.29) is 11.9 Å². The summed E-state index contributed by atoms with van der Waals surface area (Å²) in [6.07, 6.45) is 4.96. The zero-order valence-corrected chi connectivity index (χ0v) is 17.1. The second-order valence-electron chi connectivity index (χ2n) is 7.67. The number of hydrogen-bond acceptors (Lipinski definition) is 4. The molecule has 1 heterocycles. The Morgan fingerprint density at radius 1 is 1.00 bits per heavy atom. The van der Waals surface area contributed by atoms with Crippen LogP contribution in [0.4, 0.5) is 0 Å². The molecule has 156 valence electrons. The number of aryl methyl sites for hydroxylation is 1. The van der Waals surface area contributed by atoms with Crippen LogP contribution in [-0.4, -0.2) is 54.8 Å². The molecule has 0 atom stereocenters. The number of nitrogens with zero attached hydrogens (tertiary/aromatic N) is 1. The first kappa shape index (κ1) is 21.3. The molecule has 1 aliphatic heterocycles. The number of rotatable bonds is 10. The van der Waals surface area contributed by atoms with Crippen molar-refractivity contribution in [2.45, 2.75) is 38.1 Å². The van der Waals surface area contributed by atoms with Gasteiger partial charge in [0.15, 0.2) is 0 Å². The highest BCUT2D eigenvalue weighted by molar-refractivity contribution is 5.77. The number of likely N-dealkylation sites (tertiary alicyclic amines) is 1. The van der Waals surface area contributed by atoms with Gasteiger partial charge in [-0.05, 0) is 55.4 Å². The van der Waals surface area contributed by atoms with Gasteiger partial charge in [-0.25, -0.2) is 0 Å². The Bertz CT molecular complexity index is 726. The van der Waals surface area contributed by atoms with Gasteiger partial charge < -0.3 is 20.1 Å². The monoisotopic (exact) mass is 396 g/mol. The van der Waals surface area contributed by atoms with E-state index in [9.17, 15) is 4.79 Å². The van der Waals surface area contributed by atoms with Crippen LogP contribution in [0.5, 0.6) is 5.75 Å². The van der Waals surface area contributed by atoms with Crippen LogP contribution < -0.4 is 10.1 Å². The smallest absolute Gasteiger partial charge is 0.245 e. The Morgan fingerprint density at radius 3 is 2.38 bits per heavy atom. The van der Waals surface area contributed by atoms with Gasteiger partial charge in [-0.3, -0.25) is 4.79 Å². The fourth-order valence-corrected chi connectivity index (χ4v) is 3.72. The fraction of sp³-hybridized carbons (Fsp3) is 0.458. The molecule has 1 aliphatic rings. The Hall–Kier alpha value is -2.37. The van der Waals surface area contributed by atoms with Gasteiger partial charge >= 0.3 is 0 Å². The van der Waals surface area contributed by atoms with Gasteiger partial charge in [0, 0.05) is 25.7 Å². The molecule has 0 aromatic heterocycles. The number of aliphatic hydroxyl groups is 1. The number of hydrogen-bond donors (Lipinski definition) is 2. The van der Waals surface area contributed by atoms with E-state index in [0.29, 0.717) is 0 Å². The van der Waals surface area contributed by atoms with Gasteiger partial charge in [0.05, 0.1) is 6.61 Å². The van der Waals surface area contributed by atoms with E-state index in [1.54, 1.807) is 0 Å². The number of aliphatic hydroxyl groups excluding tert-OH is 1. The molecule has 0 bridgehead atoms. The van der Waals surface area contributed by atoms with Crippen molar-refractivity contribution in [2.75, 3.05) is 32.8 Å². The van der Waals surface area contributed by atoms with Crippen molar-refractivity contribution in [1.29, 1.82) is 0 Å². The second kappa shape index (κ2) is 11.6. The molecule has 5 heteroatoms. The van der Waals surface area contributed by atoms with E-state index < -0.39 is 6.61 Å². The minimum atomic E-state index is -0.424. The Kier molecular flexibility index (Phi) is 8.53. The van der Waals surface area contributed by atoms with Crippen molar-refractivity contribution >= 4 is 5.91 Å². The van der Waals surface area contributed by atoms with Crippen LogP contribution >= 0.6 is 0 Å². The normalized spacial score (nSPS) is 15.2. The van der Waals surface area contributed by atoms with E-state index in [4.69, 9.17) is 9.84 Å². The molecule has 2 aromatic carbocycles. The van der Waals surface area contributed by atoms with Gasteiger partial charge in [-0.15, -0.1) is 0 Å². The lowest BCUT2D eigenvalue weighted by atomic mass is 10.0. The molecule has 0 spiro atoms. The predicted octanol–water partition coefficient (Wildman–Crippen LogP) is 2.81. The number of amides is 1. The number of benzene rings is 2. The first-order valence-electron chi connectivity index (χ1n) is 10.6. The lowest BCUT2D eigenvalue weighted by molar-refractivity contribution is -0.124. The van der Waals surface area contributed by atoms with Crippen molar-refractivity contribution < 1.29 is 14.6 Å². The largest absolute Gasteiger partial charge is 0.494 e.